The maximum Gasteiger partial charge on any atom is 0.244 e. The number of benzene rings is 1. The molecule has 6 nitrogen and oxygen atoms in total. The van der Waals surface area contributed by atoms with E-state index in [4.69, 9.17) is 9.15 Å². The van der Waals surface area contributed by atoms with Crippen molar-refractivity contribution < 1.29 is 17.6 Å². The molecule has 0 saturated carbocycles. The van der Waals surface area contributed by atoms with E-state index >= 15 is 0 Å². The normalized spacial score (nSPS) is 25.6. The Morgan fingerprint density at radius 3 is 2.59 bits per heavy atom. The van der Waals surface area contributed by atoms with Gasteiger partial charge in [-0.05, 0) is 56.4 Å². The summed E-state index contributed by atoms with van der Waals surface area (Å²) in [5.41, 5.74) is 2.07. The molecule has 0 radical (unpaired) electrons. The third-order valence-electron chi connectivity index (χ3n) is 5.76. The fourth-order valence-electron chi connectivity index (χ4n) is 4.50. The molecule has 3 heterocycles. The Morgan fingerprint density at radius 1 is 1.22 bits per heavy atom. The first kappa shape index (κ1) is 18.5. The first-order valence-corrected chi connectivity index (χ1v) is 10.9. The van der Waals surface area contributed by atoms with Crippen molar-refractivity contribution in [2.45, 2.75) is 62.2 Å². The number of piperidine rings is 1. The number of hydrogen-bond donors (Lipinski definition) is 1. The van der Waals surface area contributed by atoms with Crippen molar-refractivity contribution in [2.24, 2.45) is 0 Å². The molecule has 0 amide bonds. The molecule has 2 unspecified atom stereocenters. The highest BCUT2D eigenvalue weighted by Gasteiger charge is 2.42. The average Bonchev–Trinajstić information content (AvgIpc) is 3.22. The molecule has 27 heavy (non-hydrogen) atoms. The first-order valence-electron chi connectivity index (χ1n) is 9.40. The minimum atomic E-state index is -3.62. The molecule has 2 aromatic rings. The van der Waals surface area contributed by atoms with Crippen LogP contribution < -0.4 is 9.46 Å². The van der Waals surface area contributed by atoms with Crippen molar-refractivity contribution in [1.82, 2.24) is 9.62 Å². The van der Waals surface area contributed by atoms with Gasteiger partial charge in [-0.25, -0.2) is 13.1 Å². The average molecular weight is 391 g/mol. The molecule has 1 aromatic carbocycles. The molecule has 2 bridgehead atoms. The van der Waals surface area contributed by atoms with Gasteiger partial charge in [-0.15, -0.1) is 0 Å². The second-order valence-corrected chi connectivity index (χ2v) is 9.32. The van der Waals surface area contributed by atoms with Gasteiger partial charge in [0, 0.05) is 30.2 Å². The largest absolute Gasteiger partial charge is 0.495 e. The number of fused-ring (bicyclic) bond motifs is 2. The first-order chi connectivity index (χ1) is 13.0. The monoisotopic (exact) mass is 390 g/mol. The smallest absolute Gasteiger partial charge is 0.244 e. The van der Waals surface area contributed by atoms with Gasteiger partial charge in [0.25, 0.3) is 0 Å². The number of furan rings is 1. The van der Waals surface area contributed by atoms with Crippen LogP contribution in [0.5, 0.6) is 5.75 Å². The lowest BCUT2D eigenvalue weighted by Crippen LogP contribution is -2.49. The number of nitrogens with one attached hydrogen (secondary N) is 1. The highest BCUT2D eigenvalue weighted by Crippen LogP contribution is 2.37. The van der Waals surface area contributed by atoms with Gasteiger partial charge >= 0.3 is 0 Å². The van der Waals surface area contributed by atoms with Gasteiger partial charge in [-0.2, -0.15) is 0 Å². The van der Waals surface area contributed by atoms with Crippen molar-refractivity contribution in [3.05, 3.63) is 47.9 Å². The van der Waals surface area contributed by atoms with Crippen molar-refractivity contribution in [2.75, 3.05) is 7.11 Å². The number of sulfonamides is 1. The van der Waals surface area contributed by atoms with Crippen molar-refractivity contribution in [1.29, 1.82) is 0 Å². The lowest BCUT2D eigenvalue weighted by Gasteiger charge is -2.38. The SMILES string of the molecule is COc1ccc(C)cc1S(=O)(=O)NC1CC2CCC(C1)N2Cc1ccoc1. The Balaban J connectivity index is 1.48. The fourth-order valence-corrected chi connectivity index (χ4v) is 6.01. The lowest BCUT2D eigenvalue weighted by atomic mass is 9.98. The van der Waals surface area contributed by atoms with E-state index in [0.29, 0.717) is 17.8 Å². The van der Waals surface area contributed by atoms with Crippen LogP contribution in [0.15, 0.2) is 46.1 Å². The topological polar surface area (TPSA) is 71.8 Å². The summed E-state index contributed by atoms with van der Waals surface area (Å²) in [6.45, 7) is 2.75. The zero-order chi connectivity index (χ0) is 19.0. The van der Waals surface area contributed by atoms with Gasteiger partial charge in [-0.1, -0.05) is 6.07 Å². The van der Waals surface area contributed by atoms with E-state index in [9.17, 15) is 8.42 Å². The van der Waals surface area contributed by atoms with Crippen LogP contribution in [0, 0.1) is 6.92 Å². The second-order valence-electron chi connectivity index (χ2n) is 7.63. The quantitative estimate of drug-likeness (QED) is 0.821. The molecule has 2 fully saturated rings. The molecule has 4 rings (SSSR count). The van der Waals surface area contributed by atoms with E-state index in [1.165, 1.54) is 12.7 Å². The van der Waals surface area contributed by atoms with E-state index < -0.39 is 10.0 Å². The summed E-state index contributed by atoms with van der Waals surface area (Å²) in [7, 11) is -2.12. The van der Waals surface area contributed by atoms with Crippen LogP contribution in [0.3, 0.4) is 0 Å². The molecule has 2 saturated heterocycles. The molecule has 2 aliphatic rings. The van der Waals surface area contributed by atoms with Crippen LogP contribution in [0.25, 0.3) is 0 Å². The van der Waals surface area contributed by atoms with Crippen LogP contribution in [0.1, 0.15) is 36.8 Å². The number of nitrogens with zero attached hydrogens (tertiary/aromatic N) is 1. The summed E-state index contributed by atoms with van der Waals surface area (Å²) in [6.07, 6.45) is 7.40. The molecule has 1 N–H and O–H groups in total. The van der Waals surface area contributed by atoms with E-state index in [0.717, 1.165) is 37.8 Å². The maximum absolute atomic E-state index is 13.0. The van der Waals surface area contributed by atoms with E-state index in [1.807, 2.05) is 19.1 Å². The molecule has 0 aliphatic carbocycles. The highest BCUT2D eigenvalue weighted by atomic mass is 32.2. The predicted molar refractivity (Wildman–Crippen MR) is 102 cm³/mol. The molecule has 146 valence electrons. The lowest BCUT2D eigenvalue weighted by molar-refractivity contribution is 0.115. The summed E-state index contributed by atoms with van der Waals surface area (Å²) in [6, 6.07) is 8.00. The zero-order valence-corrected chi connectivity index (χ0v) is 16.5. The molecule has 2 aliphatic heterocycles. The zero-order valence-electron chi connectivity index (χ0n) is 15.7. The van der Waals surface area contributed by atoms with Gasteiger partial charge in [-0.3, -0.25) is 4.90 Å². The number of aryl methyl sites for hydroxylation is 1. The minimum absolute atomic E-state index is 0.0432. The molecule has 1 aromatic heterocycles. The van der Waals surface area contributed by atoms with Crippen LogP contribution in [-0.2, 0) is 16.6 Å². The Kier molecular flexibility index (Phi) is 5.01. The van der Waals surface area contributed by atoms with Gasteiger partial charge in [0.2, 0.25) is 10.0 Å². The third-order valence-corrected chi connectivity index (χ3v) is 7.30. The van der Waals surface area contributed by atoms with E-state index in [1.54, 1.807) is 24.7 Å². The van der Waals surface area contributed by atoms with Crippen molar-refractivity contribution in [3.8, 4) is 5.75 Å². The number of methoxy groups -OCH3 is 1. The van der Waals surface area contributed by atoms with Crippen LogP contribution in [-0.4, -0.2) is 38.6 Å². The number of hydrogen-bond acceptors (Lipinski definition) is 5. The van der Waals surface area contributed by atoms with Crippen LogP contribution in [0.4, 0.5) is 0 Å². The van der Waals surface area contributed by atoms with Gasteiger partial charge in [0.15, 0.2) is 0 Å². The van der Waals surface area contributed by atoms with Crippen molar-refractivity contribution in [3.63, 3.8) is 0 Å². The van der Waals surface area contributed by atoms with Crippen molar-refractivity contribution >= 4 is 10.0 Å². The Bertz CT molecular complexity index is 881. The standard InChI is InChI=1S/C20H26N2O4S/c1-14-3-6-19(25-2)20(9-14)27(23,24)21-16-10-17-4-5-18(11-16)22(17)12-15-7-8-26-13-15/h3,6-9,13,16-18,21H,4-5,10-12H2,1-2H3. The summed E-state index contributed by atoms with van der Waals surface area (Å²) in [4.78, 5) is 2.72. The maximum atomic E-state index is 13.0. The highest BCUT2D eigenvalue weighted by molar-refractivity contribution is 7.89. The number of rotatable bonds is 6. The Hall–Kier alpha value is -1.83. The summed E-state index contributed by atoms with van der Waals surface area (Å²) in [5, 5.41) is 0. The minimum Gasteiger partial charge on any atom is -0.495 e. The molecular weight excluding hydrogens is 364 g/mol. The molecule has 7 heteroatoms. The second kappa shape index (κ2) is 7.30. The summed E-state index contributed by atoms with van der Waals surface area (Å²) in [5.74, 6) is 0.383. The summed E-state index contributed by atoms with van der Waals surface area (Å²) < 4.78 is 39.4. The van der Waals surface area contributed by atoms with Gasteiger partial charge in [0.05, 0.1) is 19.6 Å². The number of ether oxygens (including phenoxy) is 1. The van der Waals surface area contributed by atoms with Crippen LogP contribution >= 0.6 is 0 Å². The molecular formula is C20H26N2O4S. The third kappa shape index (κ3) is 3.77. The predicted octanol–water partition coefficient (Wildman–Crippen LogP) is 3.07. The Labute approximate surface area is 160 Å². The fraction of sp³-hybridized carbons (Fsp3) is 0.500. The Morgan fingerprint density at radius 2 is 1.96 bits per heavy atom. The summed E-state index contributed by atoms with van der Waals surface area (Å²) >= 11 is 0. The van der Waals surface area contributed by atoms with Crippen LogP contribution in [0.2, 0.25) is 0 Å². The molecule has 2 atom stereocenters. The van der Waals surface area contributed by atoms with E-state index in [-0.39, 0.29) is 10.9 Å². The van der Waals surface area contributed by atoms with Gasteiger partial charge in [0.1, 0.15) is 10.6 Å². The van der Waals surface area contributed by atoms with Gasteiger partial charge < -0.3 is 9.15 Å². The molecule has 0 spiro atoms. The van der Waals surface area contributed by atoms with E-state index in [2.05, 4.69) is 9.62 Å².